The molecule has 2 heterocycles. The highest BCUT2D eigenvalue weighted by molar-refractivity contribution is 7.09. The summed E-state index contributed by atoms with van der Waals surface area (Å²) in [5, 5.41) is 11.2. The first-order valence-corrected chi connectivity index (χ1v) is 9.47. The smallest absolute Gasteiger partial charge is 0.242 e. The molecule has 0 atom stereocenters. The molecule has 4 aromatic rings. The Morgan fingerprint density at radius 3 is 2.73 bits per heavy atom. The van der Waals surface area contributed by atoms with E-state index < -0.39 is 0 Å². The van der Waals surface area contributed by atoms with Gasteiger partial charge in [-0.05, 0) is 29.6 Å². The van der Waals surface area contributed by atoms with Gasteiger partial charge in [-0.1, -0.05) is 48.0 Å². The van der Waals surface area contributed by atoms with E-state index in [0.717, 1.165) is 27.0 Å². The number of aromatic nitrogens is 2. The molecule has 130 valence electrons. The SMILES string of the molecule is O=C(Cn1nc(-c2ccccc2)c2cc(Cl)ccc21)NCc1cccs1. The Hall–Kier alpha value is -2.63. The van der Waals surface area contributed by atoms with Crippen LogP contribution in [-0.2, 0) is 17.9 Å². The number of nitrogens with zero attached hydrogens (tertiary/aromatic N) is 2. The molecule has 1 N–H and O–H groups in total. The van der Waals surface area contributed by atoms with Gasteiger partial charge in [-0.15, -0.1) is 11.3 Å². The molecule has 0 bridgehead atoms. The largest absolute Gasteiger partial charge is 0.350 e. The third-order valence-corrected chi connectivity index (χ3v) is 5.20. The lowest BCUT2D eigenvalue weighted by molar-refractivity contribution is -0.121. The molecule has 0 aliphatic heterocycles. The maximum Gasteiger partial charge on any atom is 0.242 e. The number of hydrogen-bond acceptors (Lipinski definition) is 3. The summed E-state index contributed by atoms with van der Waals surface area (Å²) in [5.41, 5.74) is 2.71. The molecular weight excluding hydrogens is 366 g/mol. The van der Waals surface area contributed by atoms with Crippen LogP contribution in [0.15, 0.2) is 66.0 Å². The lowest BCUT2D eigenvalue weighted by Crippen LogP contribution is -2.27. The normalized spacial score (nSPS) is 11.0. The average Bonchev–Trinajstić information content (AvgIpc) is 3.29. The summed E-state index contributed by atoms with van der Waals surface area (Å²) in [6.45, 7) is 0.698. The molecule has 0 saturated heterocycles. The van der Waals surface area contributed by atoms with Gasteiger partial charge in [-0.3, -0.25) is 9.48 Å². The maximum atomic E-state index is 12.4. The Kier molecular flexibility index (Phi) is 4.73. The summed E-state index contributed by atoms with van der Waals surface area (Å²) in [5.74, 6) is -0.0719. The summed E-state index contributed by atoms with van der Waals surface area (Å²) in [6.07, 6.45) is 0. The second-order valence-electron chi connectivity index (χ2n) is 5.89. The molecular formula is C20H16ClN3OS. The number of fused-ring (bicyclic) bond motifs is 1. The number of nitrogens with one attached hydrogen (secondary N) is 1. The van der Waals surface area contributed by atoms with E-state index in [1.165, 1.54) is 0 Å². The van der Waals surface area contributed by atoms with Crippen molar-refractivity contribution < 1.29 is 4.79 Å². The molecule has 0 fully saturated rings. The van der Waals surface area contributed by atoms with Gasteiger partial charge in [0.2, 0.25) is 5.91 Å². The molecule has 0 radical (unpaired) electrons. The van der Waals surface area contributed by atoms with Crippen molar-refractivity contribution >= 4 is 39.7 Å². The van der Waals surface area contributed by atoms with Crippen molar-refractivity contribution in [3.8, 4) is 11.3 Å². The minimum atomic E-state index is -0.0719. The highest BCUT2D eigenvalue weighted by Crippen LogP contribution is 2.30. The van der Waals surface area contributed by atoms with Crippen LogP contribution in [-0.4, -0.2) is 15.7 Å². The number of rotatable bonds is 5. The Labute approximate surface area is 160 Å². The van der Waals surface area contributed by atoms with E-state index in [9.17, 15) is 4.79 Å². The standard InChI is InChI=1S/C20H16ClN3OS/c21-15-8-9-18-17(11-15)20(14-5-2-1-3-6-14)23-24(18)13-19(25)22-12-16-7-4-10-26-16/h1-11H,12-13H2,(H,22,25). The van der Waals surface area contributed by atoms with Crippen molar-refractivity contribution in [2.75, 3.05) is 0 Å². The van der Waals surface area contributed by atoms with Crippen molar-refractivity contribution in [2.45, 2.75) is 13.1 Å². The van der Waals surface area contributed by atoms with Gasteiger partial charge < -0.3 is 5.32 Å². The minimum Gasteiger partial charge on any atom is -0.350 e. The van der Waals surface area contributed by atoms with Crippen molar-refractivity contribution in [3.63, 3.8) is 0 Å². The van der Waals surface area contributed by atoms with Gasteiger partial charge in [0, 0.05) is 20.8 Å². The quantitative estimate of drug-likeness (QED) is 0.543. The zero-order chi connectivity index (χ0) is 17.9. The molecule has 0 aliphatic carbocycles. The summed E-state index contributed by atoms with van der Waals surface area (Å²) in [7, 11) is 0. The van der Waals surface area contributed by atoms with Crippen LogP contribution in [0.5, 0.6) is 0 Å². The Balaban J connectivity index is 1.63. The predicted molar refractivity (Wildman–Crippen MR) is 106 cm³/mol. The Morgan fingerprint density at radius 2 is 1.96 bits per heavy atom. The van der Waals surface area contributed by atoms with E-state index in [2.05, 4.69) is 10.4 Å². The first-order chi connectivity index (χ1) is 12.7. The summed E-state index contributed by atoms with van der Waals surface area (Å²) in [6, 6.07) is 19.5. The zero-order valence-corrected chi connectivity index (χ0v) is 15.4. The van der Waals surface area contributed by atoms with Crippen LogP contribution in [0, 0.1) is 0 Å². The van der Waals surface area contributed by atoms with Gasteiger partial charge in [0.25, 0.3) is 0 Å². The van der Waals surface area contributed by atoms with Crippen LogP contribution < -0.4 is 5.32 Å². The number of benzene rings is 2. The number of carbonyl (C=O) groups excluding carboxylic acids is 1. The number of amides is 1. The van der Waals surface area contributed by atoms with Crippen molar-refractivity contribution in [1.82, 2.24) is 15.1 Å². The predicted octanol–water partition coefficient (Wildman–Crippen LogP) is 4.73. The third kappa shape index (κ3) is 3.49. The monoisotopic (exact) mass is 381 g/mol. The highest BCUT2D eigenvalue weighted by Gasteiger charge is 2.14. The van der Waals surface area contributed by atoms with Crippen molar-refractivity contribution in [3.05, 3.63) is 75.9 Å². The van der Waals surface area contributed by atoms with E-state index in [1.807, 2.05) is 66.0 Å². The topological polar surface area (TPSA) is 46.9 Å². The van der Waals surface area contributed by atoms with Gasteiger partial charge in [-0.25, -0.2) is 0 Å². The van der Waals surface area contributed by atoms with E-state index in [4.69, 9.17) is 11.6 Å². The van der Waals surface area contributed by atoms with Gasteiger partial charge in [0.1, 0.15) is 12.2 Å². The summed E-state index contributed by atoms with van der Waals surface area (Å²) < 4.78 is 1.73. The van der Waals surface area contributed by atoms with Gasteiger partial charge in [0.15, 0.2) is 0 Å². The molecule has 0 aliphatic rings. The Bertz CT molecular complexity index is 1040. The molecule has 1 amide bonds. The molecule has 0 unspecified atom stereocenters. The van der Waals surface area contributed by atoms with Crippen LogP contribution in [0.4, 0.5) is 0 Å². The van der Waals surface area contributed by atoms with Crippen LogP contribution in [0.25, 0.3) is 22.2 Å². The molecule has 2 aromatic carbocycles. The van der Waals surface area contributed by atoms with E-state index in [1.54, 1.807) is 16.0 Å². The van der Waals surface area contributed by atoms with E-state index in [-0.39, 0.29) is 12.5 Å². The minimum absolute atomic E-state index is 0.0719. The summed E-state index contributed by atoms with van der Waals surface area (Å²) >= 11 is 7.81. The van der Waals surface area contributed by atoms with Crippen LogP contribution in [0.1, 0.15) is 4.88 Å². The number of carbonyl (C=O) groups is 1. The first kappa shape index (κ1) is 16.8. The maximum absolute atomic E-state index is 12.4. The van der Waals surface area contributed by atoms with Crippen molar-refractivity contribution in [1.29, 1.82) is 0 Å². The second kappa shape index (κ2) is 7.32. The lowest BCUT2D eigenvalue weighted by atomic mass is 10.1. The van der Waals surface area contributed by atoms with Crippen LogP contribution in [0.3, 0.4) is 0 Å². The molecule has 26 heavy (non-hydrogen) atoms. The van der Waals surface area contributed by atoms with Crippen LogP contribution in [0.2, 0.25) is 5.02 Å². The van der Waals surface area contributed by atoms with Gasteiger partial charge in [-0.2, -0.15) is 5.10 Å². The summed E-state index contributed by atoms with van der Waals surface area (Å²) in [4.78, 5) is 13.5. The molecule has 4 nitrogen and oxygen atoms in total. The van der Waals surface area contributed by atoms with Crippen molar-refractivity contribution in [2.24, 2.45) is 0 Å². The lowest BCUT2D eigenvalue weighted by Gasteiger charge is -2.05. The van der Waals surface area contributed by atoms with Gasteiger partial charge >= 0.3 is 0 Å². The first-order valence-electron chi connectivity index (χ1n) is 8.21. The molecule has 4 rings (SSSR count). The second-order valence-corrected chi connectivity index (χ2v) is 7.36. The fraction of sp³-hybridized carbons (Fsp3) is 0.100. The molecule has 0 spiro atoms. The third-order valence-electron chi connectivity index (χ3n) is 4.09. The number of thiophene rings is 1. The molecule has 6 heteroatoms. The van der Waals surface area contributed by atoms with E-state index in [0.29, 0.717) is 11.6 Å². The highest BCUT2D eigenvalue weighted by atomic mass is 35.5. The molecule has 2 aromatic heterocycles. The molecule has 0 saturated carbocycles. The van der Waals surface area contributed by atoms with Crippen LogP contribution >= 0.6 is 22.9 Å². The fourth-order valence-corrected chi connectivity index (χ4v) is 3.69. The average molecular weight is 382 g/mol. The zero-order valence-electron chi connectivity index (χ0n) is 13.9. The number of halogens is 1. The van der Waals surface area contributed by atoms with E-state index >= 15 is 0 Å². The fourth-order valence-electron chi connectivity index (χ4n) is 2.87. The number of hydrogen-bond donors (Lipinski definition) is 1. The van der Waals surface area contributed by atoms with Gasteiger partial charge in [0.05, 0.1) is 12.1 Å². The Morgan fingerprint density at radius 1 is 1.12 bits per heavy atom.